The van der Waals surface area contributed by atoms with E-state index in [1.165, 1.54) is 0 Å². The lowest BCUT2D eigenvalue weighted by Gasteiger charge is -2.36. The number of carboxylic acid groups (broad SMARTS) is 1. The Balaban J connectivity index is 1.89. The van der Waals surface area contributed by atoms with Gasteiger partial charge in [-0.2, -0.15) is 0 Å². The monoisotopic (exact) mass is 290 g/mol. The van der Waals surface area contributed by atoms with Crippen LogP contribution in [0.3, 0.4) is 0 Å². The van der Waals surface area contributed by atoms with Crippen LogP contribution >= 0.6 is 0 Å². The van der Waals surface area contributed by atoms with Gasteiger partial charge >= 0.3 is 12.0 Å². The van der Waals surface area contributed by atoms with Gasteiger partial charge in [0.25, 0.3) is 0 Å². The Morgan fingerprint density at radius 2 is 1.76 bits per heavy atom. The van der Waals surface area contributed by atoms with Gasteiger partial charge in [0.05, 0.1) is 6.42 Å². The molecule has 1 aromatic rings. The molecule has 3 N–H and O–H groups in total. The smallest absolute Gasteiger partial charge is 0.319 e. The van der Waals surface area contributed by atoms with Gasteiger partial charge in [-0.05, 0) is 30.4 Å². The minimum Gasteiger partial charge on any atom is -0.481 e. The Labute approximate surface area is 124 Å². The zero-order valence-corrected chi connectivity index (χ0v) is 12.1. The van der Waals surface area contributed by atoms with Crippen molar-refractivity contribution in [3.8, 4) is 0 Å². The SMILES string of the molecule is O=C(O)CC1(CNC(=O)Nc2ccccc2)CCCCC1. The molecule has 1 fully saturated rings. The summed E-state index contributed by atoms with van der Waals surface area (Å²) in [6.45, 7) is 0.415. The Morgan fingerprint density at radius 3 is 2.38 bits per heavy atom. The van der Waals surface area contributed by atoms with Crippen molar-refractivity contribution in [1.29, 1.82) is 0 Å². The van der Waals surface area contributed by atoms with Crippen LogP contribution in [0.4, 0.5) is 10.5 Å². The summed E-state index contributed by atoms with van der Waals surface area (Å²) >= 11 is 0. The number of aliphatic carboxylic acids is 1. The first-order valence-corrected chi connectivity index (χ1v) is 7.41. The van der Waals surface area contributed by atoms with Crippen LogP contribution in [-0.2, 0) is 4.79 Å². The third-order valence-electron chi connectivity index (χ3n) is 4.10. The van der Waals surface area contributed by atoms with Crippen molar-refractivity contribution >= 4 is 17.7 Å². The van der Waals surface area contributed by atoms with Crippen LogP contribution in [-0.4, -0.2) is 23.7 Å². The number of hydrogen-bond acceptors (Lipinski definition) is 2. The van der Waals surface area contributed by atoms with E-state index in [2.05, 4.69) is 10.6 Å². The molecule has 2 rings (SSSR count). The number of carbonyl (C=O) groups is 2. The molecule has 0 aliphatic heterocycles. The maximum absolute atomic E-state index is 11.9. The van der Waals surface area contributed by atoms with Crippen LogP contribution < -0.4 is 10.6 Å². The highest BCUT2D eigenvalue weighted by Crippen LogP contribution is 2.38. The number of carbonyl (C=O) groups excluding carboxylic acids is 1. The number of hydrogen-bond donors (Lipinski definition) is 3. The molecule has 0 bridgehead atoms. The predicted octanol–water partition coefficient (Wildman–Crippen LogP) is 3.23. The minimum absolute atomic E-state index is 0.124. The molecule has 0 atom stereocenters. The van der Waals surface area contributed by atoms with E-state index < -0.39 is 5.97 Å². The van der Waals surface area contributed by atoms with Gasteiger partial charge < -0.3 is 15.7 Å². The molecule has 0 saturated heterocycles. The molecule has 5 heteroatoms. The van der Waals surface area contributed by atoms with Crippen molar-refractivity contribution < 1.29 is 14.7 Å². The van der Waals surface area contributed by atoms with Gasteiger partial charge in [0, 0.05) is 12.2 Å². The van der Waals surface area contributed by atoms with Crippen LogP contribution in [0.25, 0.3) is 0 Å². The topological polar surface area (TPSA) is 78.4 Å². The van der Waals surface area contributed by atoms with Gasteiger partial charge in [-0.25, -0.2) is 4.79 Å². The molecule has 114 valence electrons. The quantitative estimate of drug-likeness (QED) is 0.779. The molecule has 21 heavy (non-hydrogen) atoms. The third-order valence-corrected chi connectivity index (χ3v) is 4.10. The predicted molar refractivity (Wildman–Crippen MR) is 81.2 cm³/mol. The summed E-state index contributed by atoms with van der Waals surface area (Å²) in [6, 6.07) is 8.93. The van der Waals surface area contributed by atoms with E-state index in [0.29, 0.717) is 6.54 Å². The maximum Gasteiger partial charge on any atom is 0.319 e. The fourth-order valence-corrected chi connectivity index (χ4v) is 3.00. The highest BCUT2D eigenvalue weighted by atomic mass is 16.4. The van der Waals surface area contributed by atoms with Crippen molar-refractivity contribution in [2.24, 2.45) is 5.41 Å². The molecule has 0 heterocycles. The number of carboxylic acids is 1. The zero-order valence-electron chi connectivity index (χ0n) is 12.1. The number of rotatable bonds is 5. The van der Waals surface area contributed by atoms with E-state index in [9.17, 15) is 9.59 Å². The van der Waals surface area contributed by atoms with Gasteiger partial charge in [0.2, 0.25) is 0 Å². The fourth-order valence-electron chi connectivity index (χ4n) is 3.00. The minimum atomic E-state index is -0.790. The van der Waals surface area contributed by atoms with Crippen molar-refractivity contribution in [1.82, 2.24) is 5.32 Å². The Bertz CT molecular complexity index is 482. The summed E-state index contributed by atoms with van der Waals surface area (Å²) in [4.78, 5) is 23.0. The lowest BCUT2D eigenvalue weighted by atomic mass is 9.72. The Kier molecular flexibility index (Phi) is 5.20. The van der Waals surface area contributed by atoms with Crippen molar-refractivity contribution in [2.75, 3.05) is 11.9 Å². The van der Waals surface area contributed by atoms with E-state index in [1.54, 1.807) is 0 Å². The van der Waals surface area contributed by atoms with E-state index in [-0.39, 0.29) is 17.9 Å². The molecule has 5 nitrogen and oxygen atoms in total. The van der Waals surface area contributed by atoms with Gasteiger partial charge in [-0.15, -0.1) is 0 Å². The Hall–Kier alpha value is -2.04. The van der Waals surface area contributed by atoms with Gasteiger partial charge in [0.1, 0.15) is 0 Å². The van der Waals surface area contributed by atoms with Crippen LogP contribution in [0, 0.1) is 5.41 Å². The first kappa shape index (κ1) is 15.4. The molecule has 0 unspecified atom stereocenters. The molecule has 1 aromatic carbocycles. The highest BCUT2D eigenvalue weighted by molar-refractivity contribution is 5.89. The van der Waals surface area contributed by atoms with Crippen LogP contribution in [0.15, 0.2) is 30.3 Å². The molecule has 1 saturated carbocycles. The van der Waals surface area contributed by atoms with Crippen LogP contribution in [0.1, 0.15) is 38.5 Å². The van der Waals surface area contributed by atoms with E-state index in [1.807, 2.05) is 30.3 Å². The zero-order chi connectivity index (χ0) is 15.1. The normalized spacial score (nSPS) is 17.0. The summed E-state index contributed by atoms with van der Waals surface area (Å²) < 4.78 is 0. The summed E-state index contributed by atoms with van der Waals surface area (Å²) in [5, 5.41) is 14.7. The molecule has 2 amide bonds. The maximum atomic E-state index is 11.9. The van der Waals surface area contributed by atoms with Crippen molar-refractivity contribution in [2.45, 2.75) is 38.5 Å². The molecular weight excluding hydrogens is 268 g/mol. The van der Waals surface area contributed by atoms with E-state index >= 15 is 0 Å². The standard InChI is InChI=1S/C16H22N2O3/c19-14(20)11-16(9-5-2-6-10-16)12-17-15(21)18-13-7-3-1-4-8-13/h1,3-4,7-8H,2,5-6,9-12H2,(H,19,20)(H2,17,18,21). The molecule has 0 spiro atoms. The second-order valence-corrected chi connectivity index (χ2v) is 5.80. The number of amides is 2. The van der Waals surface area contributed by atoms with E-state index in [0.717, 1.165) is 37.8 Å². The van der Waals surface area contributed by atoms with E-state index in [4.69, 9.17) is 5.11 Å². The summed E-state index contributed by atoms with van der Waals surface area (Å²) in [7, 11) is 0. The fraction of sp³-hybridized carbons (Fsp3) is 0.500. The number of nitrogens with one attached hydrogen (secondary N) is 2. The van der Waals surface area contributed by atoms with Gasteiger partial charge in [-0.3, -0.25) is 4.79 Å². The summed E-state index contributed by atoms with van der Waals surface area (Å²) in [6.07, 6.45) is 5.08. The second kappa shape index (κ2) is 7.11. The summed E-state index contributed by atoms with van der Waals surface area (Å²) in [5.74, 6) is -0.790. The third kappa shape index (κ3) is 4.77. The van der Waals surface area contributed by atoms with Crippen molar-refractivity contribution in [3.63, 3.8) is 0 Å². The molecule has 0 radical (unpaired) electrons. The first-order chi connectivity index (χ1) is 10.1. The van der Waals surface area contributed by atoms with Gasteiger partial charge in [0.15, 0.2) is 0 Å². The number of benzene rings is 1. The molecule has 1 aliphatic rings. The average molecular weight is 290 g/mol. The summed E-state index contributed by atoms with van der Waals surface area (Å²) in [5.41, 5.74) is 0.434. The average Bonchev–Trinajstić information content (AvgIpc) is 2.47. The lowest BCUT2D eigenvalue weighted by molar-refractivity contribution is -0.140. The molecule has 0 aromatic heterocycles. The second-order valence-electron chi connectivity index (χ2n) is 5.80. The highest BCUT2D eigenvalue weighted by Gasteiger charge is 2.34. The lowest BCUT2D eigenvalue weighted by Crippen LogP contribution is -2.42. The molecular formula is C16H22N2O3. The Morgan fingerprint density at radius 1 is 1.10 bits per heavy atom. The molecule has 1 aliphatic carbocycles. The number of urea groups is 1. The first-order valence-electron chi connectivity index (χ1n) is 7.41. The van der Waals surface area contributed by atoms with Gasteiger partial charge in [-0.1, -0.05) is 37.5 Å². The number of anilines is 1. The van der Waals surface area contributed by atoms with Crippen molar-refractivity contribution in [3.05, 3.63) is 30.3 Å². The number of para-hydroxylation sites is 1. The largest absolute Gasteiger partial charge is 0.481 e. The van der Waals surface area contributed by atoms with Crippen LogP contribution in [0.2, 0.25) is 0 Å². The van der Waals surface area contributed by atoms with Crippen LogP contribution in [0.5, 0.6) is 0 Å².